The fraction of sp³-hybridized carbons (Fsp3) is 0.909. The molecule has 1 saturated heterocycles. The van der Waals surface area contributed by atoms with Gasteiger partial charge in [-0.3, -0.25) is 28.3 Å². The van der Waals surface area contributed by atoms with Crippen LogP contribution in [-0.2, 0) is 76.1 Å². The molecule has 436 valence electrons. The number of hydrogen-bond donors (Lipinski definition) is 4. The Morgan fingerprint density at radius 3 is 1.09 bits per heavy atom. The van der Waals surface area contributed by atoms with Crippen LogP contribution in [0.5, 0.6) is 0 Å². The minimum atomic E-state index is -3.42. The van der Waals surface area contributed by atoms with Gasteiger partial charge in [0.1, 0.15) is 22.4 Å². The van der Waals surface area contributed by atoms with Crippen molar-refractivity contribution in [3.05, 3.63) is 26.4 Å². The first kappa shape index (κ1) is 88.3. The Morgan fingerprint density at radius 1 is 0.568 bits per heavy atom. The largest absolute Gasteiger partial charge is 1.00 e. The summed E-state index contributed by atoms with van der Waals surface area (Å²) in [4.78, 5) is 48.6. The van der Waals surface area contributed by atoms with Crippen LogP contribution >= 0.6 is 23.2 Å². The van der Waals surface area contributed by atoms with E-state index in [1.54, 1.807) is 20.8 Å². The zero-order chi connectivity index (χ0) is 58.3. The molecule has 0 saturated carbocycles. The number of ether oxygens (including phenoxy) is 9. The Hall–Kier alpha value is -2.37. The third-order valence-corrected chi connectivity index (χ3v) is 6.43. The third-order valence-electron chi connectivity index (χ3n) is 5.83. The molecule has 1 rings (SSSR count). The van der Waals surface area contributed by atoms with E-state index >= 15 is 0 Å². The first-order valence-corrected chi connectivity index (χ1v) is 25.8. The van der Waals surface area contributed by atoms with Crippen LogP contribution in [0.3, 0.4) is 0 Å². The SMILES string of the molecule is C1CCOC1.CC(C)(C)OC(=O)CCOCCN.CC(C)(C)OC(=O)CCOCCN=[N+]=[N-].CC(C)(C)OC(=O)CCOCCO.CC(C)(C)OC(=O)CCOCCOS(C)(=O)=O.ClCCl.OCCO.[N-]=[N+]=[N-].[Na+]. The van der Waals surface area contributed by atoms with E-state index in [1.165, 1.54) is 17.8 Å². The number of azide groups is 1. The number of nitrogens with two attached hydrogens (primary N) is 1. The van der Waals surface area contributed by atoms with Crippen molar-refractivity contribution in [1.29, 1.82) is 0 Å². The molecule has 0 radical (unpaired) electrons. The van der Waals surface area contributed by atoms with Crippen molar-refractivity contribution >= 4 is 57.2 Å². The Morgan fingerprint density at radius 2 is 0.865 bits per heavy atom. The van der Waals surface area contributed by atoms with Gasteiger partial charge in [0.15, 0.2) is 0 Å². The summed E-state index contributed by atoms with van der Waals surface area (Å²) >= 11 is 9.53. The molecular weight excluding hydrogens is 1060 g/mol. The third kappa shape index (κ3) is 114. The van der Waals surface area contributed by atoms with Gasteiger partial charge in [0.2, 0.25) is 0 Å². The second kappa shape index (κ2) is 59.9. The number of nitrogens with zero attached hydrogens (tertiary/aromatic N) is 6. The van der Waals surface area contributed by atoms with Gasteiger partial charge < -0.3 is 74.7 Å². The van der Waals surface area contributed by atoms with E-state index in [2.05, 4.69) is 14.2 Å². The summed E-state index contributed by atoms with van der Waals surface area (Å²) in [7, 11) is -3.42. The van der Waals surface area contributed by atoms with Gasteiger partial charge >= 0.3 is 53.4 Å². The van der Waals surface area contributed by atoms with Crippen LogP contribution in [0.25, 0.3) is 26.4 Å². The molecule has 0 bridgehead atoms. The summed E-state index contributed by atoms with van der Waals surface area (Å²) in [5, 5.41) is 27.1. The monoisotopic (exact) mass is 1150 g/mol. The van der Waals surface area contributed by atoms with E-state index in [4.69, 9.17) is 103 Å². The maximum Gasteiger partial charge on any atom is 1.00 e. The summed E-state index contributed by atoms with van der Waals surface area (Å²) in [5.41, 5.74) is 24.9. The van der Waals surface area contributed by atoms with Gasteiger partial charge in [-0.05, 0) is 101 Å². The van der Waals surface area contributed by atoms with Gasteiger partial charge in [0.25, 0.3) is 10.1 Å². The number of aliphatic hydroxyl groups excluding tert-OH is 3. The number of aliphatic hydroxyl groups is 3. The average Bonchev–Trinajstić information content (AvgIpc) is 3.83. The van der Waals surface area contributed by atoms with Gasteiger partial charge in [-0.2, -0.15) is 8.42 Å². The number of carbonyl (C=O) groups is 4. The van der Waals surface area contributed by atoms with Crippen LogP contribution in [0.2, 0.25) is 0 Å². The number of rotatable bonds is 24. The van der Waals surface area contributed by atoms with Gasteiger partial charge in [0, 0.05) is 31.2 Å². The molecule has 30 heteroatoms. The fourth-order valence-electron chi connectivity index (χ4n) is 3.65. The van der Waals surface area contributed by atoms with Gasteiger partial charge in [0.05, 0.1) is 117 Å². The van der Waals surface area contributed by atoms with Crippen molar-refractivity contribution in [2.75, 3.05) is 117 Å². The Labute approximate surface area is 472 Å². The molecule has 0 amide bonds. The molecule has 0 aliphatic carbocycles. The van der Waals surface area contributed by atoms with Crippen molar-refractivity contribution in [1.82, 2.24) is 0 Å². The van der Waals surface area contributed by atoms with Crippen LogP contribution in [-0.4, -0.2) is 187 Å². The first-order chi connectivity index (χ1) is 33.7. The van der Waals surface area contributed by atoms with Gasteiger partial charge in [-0.25, -0.2) is 0 Å². The van der Waals surface area contributed by atoms with E-state index < -0.39 is 32.5 Å². The van der Waals surface area contributed by atoms with Crippen molar-refractivity contribution < 1.29 is 119 Å². The van der Waals surface area contributed by atoms with Crippen LogP contribution in [0.4, 0.5) is 0 Å². The van der Waals surface area contributed by atoms with E-state index in [1.807, 2.05) is 62.3 Å². The minimum Gasteiger partial charge on any atom is -0.460 e. The molecule has 0 aromatic carbocycles. The Bertz CT molecular complexity index is 1460. The number of hydrogen-bond acceptors (Lipinski definition) is 21. The van der Waals surface area contributed by atoms with Crippen molar-refractivity contribution in [3.8, 4) is 0 Å². The molecule has 0 atom stereocenters. The van der Waals surface area contributed by atoms with Crippen LogP contribution in [0.1, 0.15) is 122 Å². The van der Waals surface area contributed by atoms with E-state index in [0.29, 0.717) is 33.0 Å². The fourth-order valence-corrected chi connectivity index (χ4v) is 4.02. The second-order valence-electron chi connectivity index (χ2n) is 17.7. The van der Waals surface area contributed by atoms with Gasteiger partial charge in [-0.15, -0.1) is 23.2 Å². The van der Waals surface area contributed by atoms with Crippen LogP contribution in [0, 0.1) is 0 Å². The summed E-state index contributed by atoms with van der Waals surface area (Å²) in [6.07, 6.45) is 4.39. The topological polar surface area (TPSA) is 389 Å². The molecule has 1 aliphatic heterocycles. The number of esters is 4. The molecule has 0 aromatic rings. The minimum absolute atomic E-state index is 0. The smallest absolute Gasteiger partial charge is 0.460 e. The molecule has 1 fully saturated rings. The maximum absolute atomic E-state index is 11.2. The summed E-state index contributed by atoms with van der Waals surface area (Å²) in [6, 6.07) is 0. The van der Waals surface area contributed by atoms with Gasteiger partial charge in [-0.1, -0.05) is 5.11 Å². The zero-order valence-corrected chi connectivity index (χ0v) is 50.9. The molecule has 0 unspecified atom stereocenters. The molecular formula is C44H90Cl2N7NaO19S. The first-order valence-electron chi connectivity index (χ1n) is 23.0. The second-order valence-corrected chi connectivity index (χ2v) is 20.2. The predicted molar refractivity (Wildman–Crippen MR) is 277 cm³/mol. The average molecular weight is 1150 g/mol. The zero-order valence-electron chi connectivity index (χ0n) is 46.6. The number of halogens is 2. The number of carbonyl (C=O) groups excluding carboxylic acids is 4. The van der Waals surface area contributed by atoms with Crippen LogP contribution in [0.15, 0.2) is 5.11 Å². The van der Waals surface area contributed by atoms with Crippen molar-refractivity contribution in [3.63, 3.8) is 0 Å². The number of alkyl halides is 2. The van der Waals surface area contributed by atoms with E-state index in [-0.39, 0.29) is 144 Å². The maximum atomic E-state index is 11.2. The molecule has 0 aromatic heterocycles. The summed E-state index contributed by atoms with van der Waals surface area (Å²) < 4.78 is 70.8. The molecule has 0 spiro atoms. The Balaban J connectivity index is -0.000000119. The summed E-state index contributed by atoms with van der Waals surface area (Å²) in [5.74, 6) is -1.14. The normalized spacial score (nSPS) is 11.4. The Kier molecular flexibility index (Phi) is 71.4. The molecule has 26 nitrogen and oxygen atoms in total. The summed E-state index contributed by atoms with van der Waals surface area (Å²) in [6.45, 7) is 26.6. The van der Waals surface area contributed by atoms with E-state index in [0.717, 1.165) is 19.5 Å². The van der Waals surface area contributed by atoms with Crippen molar-refractivity contribution in [2.45, 2.75) is 144 Å². The standard InChI is InChI=1S/C10H20O6S.C9H17N3O3.C9H19NO3.C9H18O4.C4H8O.C2H6O2.CH2Cl2.N3.Na/c1-10(2,3)16-9(11)5-6-14-7-8-15-17(4,12)13;1-9(2,3)15-8(13)4-6-14-7-5-11-12-10;2*1-9(2,3)13-8(11)4-6-12-7-5-10;1-2-4-5-3-1;3-1-2-4;2-1-3;1-3-2;/h5-8H2,1-4H3;4-7H2,1-3H3;4-7,10H2,1-3H3;10H,4-7H2,1-3H3;1-4H2;3-4H,1-2H2;1H2;;/q;;;;;;;-1;+1. The molecule has 5 N–H and O–H groups in total. The predicted octanol–water partition coefficient (Wildman–Crippen LogP) is 3.24. The van der Waals surface area contributed by atoms with E-state index in [9.17, 15) is 27.6 Å². The van der Waals surface area contributed by atoms with Crippen LogP contribution < -0.4 is 35.3 Å². The molecule has 1 heterocycles. The molecule has 74 heavy (non-hydrogen) atoms. The molecule has 1 aliphatic rings. The quantitative estimate of drug-likeness (QED) is 0.0124. The van der Waals surface area contributed by atoms with Crippen molar-refractivity contribution in [2.24, 2.45) is 10.8 Å².